The average Bonchev–Trinajstić information content (AvgIpc) is 3.07. The number of unbranched alkanes of at least 4 members (excludes halogenated alkanes) is 1. The number of hydrogen-bond acceptors (Lipinski definition) is 4. The number of aliphatic carboxylic acids is 1. The minimum Gasteiger partial charge on any atom is -0.478 e. The van der Waals surface area contributed by atoms with Crippen molar-refractivity contribution in [1.82, 2.24) is 0 Å². The molecule has 0 aliphatic heterocycles. The second kappa shape index (κ2) is 23.1. The molecular formula is C42H74O5. The lowest BCUT2D eigenvalue weighted by Crippen LogP contribution is -2.50. The van der Waals surface area contributed by atoms with Crippen LogP contribution in [-0.2, 0) is 19.1 Å². The second-order valence-electron chi connectivity index (χ2n) is 15.7. The Morgan fingerprint density at radius 3 is 1.23 bits per heavy atom. The van der Waals surface area contributed by atoms with Crippen LogP contribution in [0.4, 0.5) is 0 Å². The molecule has 1 atom stereocenters. The van der Waals surface area contributed by atoms with Crippen LogP contribution in [-0.4, -0.2) is 29.9 Å². The zero-order valence-electron chi connectivity index (χ0n) is 31.1. The van der Waals surface area contributed by atoms with Gasteiger partial charge < -0.3 is 14.6 Å². The monoisotopic (exact) mass is 659 g/mol. The molecule has 0 spiro atoms. The molecule has 1 unspecified atom stereocenters. The molecule has 0 aromatic heterocycles. The number of ether oxygens (including phenoxy) is 2. The number of carbonyl (C=O) groups is 2. The fourth-order valence-corrected chi connectivity index (χ4v) is 9.87. The standard InChI is InChI=1S/C42H74O5/c1-4-5-33-46-35(3)47-41(45)39(34(2)40(43)44)42(36-27-21-15-9-6-10-16-22-28-36,37-29-23-17-11-7-12-18-24-30-37)38-31-25-19-13-8-14-20-26-32-38/h35-38H,4-33H2,1-3H3,(H,43,44). The lowest BCUT2D eigenvalue weighted by atomic mass is 9.49. The minimum absolute atomic E-state index is 0.238. The molecule has 0 aromatic carbocycles. The van der Waals surface area contributed by atoms with Gasteiger partial charge in [-0.25, -0.2) is 9.59 Å². The SMILES string of the molecule is CCCCOC(C)OC(=O)C(=C(C)C(=O)O)C(C1CCCCCCCCC1)(C1CCCCCCCCC1)C1CCCCCCCCC1. The summed E-state index contributed by atoms with van der Waals surface area (Å²) < 4.78 is 12.2. The van der Waals surface area contributed by atoms with E-state index in [0.29, 0.717) is 29.9 Å². The Balaban J connectivity index is 2.28. The van der Waals surface area contributed by atoms with Crippen molar-refractivity contribution in [3.63, 3.8) is 0 Å². The Labute approximate surface area is 289 Å². The van der Waals surface area contributed by atoms with E-state index in [1.807, 2.05) is 6.92 Å². The number of carboxylic acids is 1. The van der Waals surface area contributed by atoms with Gasteiger partial charge in [0.25, 0.3) is 0 Å². The lowest BCUT2D eigenvalue weighted by Gasteiger charge is -2.54. The van der Waals surface area contributed by atoms with Gasteiger partial charge in [0, 0.05) is 11.0 Å². The highest BCUT2D eigenvalue weighted by atomic mass is 16.7. The quantitative estimate of drug-likeness (QED) is 0.103. The van der Waals surface area contributed by atoms with Crippen LogP contribution < -0.4 is 0 Å². The van der Waals surface area contributed by atoms with Gasteiger partial charge in [0.05, 0.1) is 12.2 Å². The molecule has 0 aromatic rings. The Morgan fingerprint density at radius 2 is 0.936 bits per heavy atom. The molecular weight excluding hydrogens is 584 g/mol. The van der Waals surface area contributed by atoms with Crippen molar-refractivity contribution >= 4 is 11.9 Å². The van der Waals surface area contributed by atoms with E-state index in [4.69, 9.17) is 9.47 Å². The van der Waals surface area contributed by atoms with Crippen LogP contribution in [0.2, 0.25) is 0 Å². The van der Waals surface area contributed by atoms with Crippen LogP contribution in [0.15, 0.2) is 11.1 Å². The normalized spacial score (nSPS) is 23.2. The summed E-state index contributed by atoms with van der Waals surface area (Å²) in [6, 6.07) is 0. The predicted molar refractivity (Wildman–Crippen MR) is 194 cm³/mol. The first-order valence-corrected chi connectivity index (χ1v) is 20.7. The van der Waals surface area contributed by atoms with Gasteiger partial charge in [0.1, 0.15) is 0 Å². The van der Waals surface area contributed by atoms with Gasteiger partial charge in [-0.15, -0.1) is 0 Å². The highest BCUT2D eigenvalue weighted by Crippen LogP contribution is 2.59. The largest absolute Gasteiger partial charge is 0.478 e. The molecule has 3 rings (SSSR count). The average molecular weight is 659 g/mol. The van der Waals surface area contributed by atoms with E-state index >= 15 is 0 Å². The number of rotatable bonds is 11. The van der Waals surface area contributed by atoms with Crippen LogP contribution in [0.5, 0.6) is 0 Å². The van der Waals surface area contributed by atoms with Crippen molar-refractivity contribution in [2.45, 2.75) is 213 Å². The first-order chi connectivity index (χ1) is 22.9. The first kappa shape index (κ1) is 40.1. The zero-order valence-corrected chi connectivity index (χ0v) is 31.1. The number of carboxylic acid groups (broad SMARTS) is 1. The summed E-state index contributed by atoms with van der Waals surface area (Å²) in [6.45, 7) is 6.22. The van der Waals surface area contributed by atoms with E-state index in [2.05, 4.69) is 6.92 Å². The summed E-state index contributed by atoms with van der Waals surface area (Å²) in [5.74, 6) is -0.459. The Morgan fingerprint density at radius 1 is 0.617 bits per heavy atom. The lowest BCUT2D eigenvalue weighted by molar-refractivity contribution is -0.174. The van der Waals surface area contributed by atoms with Crippen molar-refractivity contribution in [3.05, 3.63) is 11.1 Å². The van der Waals surface area contributed by atoms with Crippen LogP contribution in [0.25, 0.3) is 0 Å². The maximum atomic E-state index is 14.9. The van der Waals surface area contributed by atoms with Crippen molar-refractivity contribution in [1.29, 1.82) is 0 Å². The molecule has 0 radical (unpaired) electrons. The molecule has 5 heteroatoms. The summed E-state index contributed by atoms with van der Waals surface area (Å²) in [5, 5.41) is 10.8. The molecule has 5 nitrogen and oxygen atoms in total. The number of carbonyl (C=O) groups excluding carboxylic acids is 1. The van der Waals surface area contributed by atoms with Crippen LogP contribution >= 0.6 is 0 Å². The Hall–Kier alpha value is -1.36. The number of hydrogen-bond donors (Lipinski definition) is 1. The van der Waals surface area contributed by atoms with Crippen molar-refractivity contribution < 1.29 is 24.2 Å². The molecule has 0 heterocycles. The van der Waals surface area contributed by atoms with Gasteiger partial charge in [-0.1, -0.05) is 148 Å². The van der Waals surface area contributed by atoms with Gasteiger partial charge in [0.2, 0.25) is 0 Å². The fourth-order valence-electron chi connectivity index (χ4n) is 9.87. The van der Waals surface area contributed by atoms with Gasteiger partial charge in [-0.3, -0.25) is 0 Å². The van der Waals surface area contributed by atoms with Crippen LogP contribution in [0, 0.1) is 23.2 Å². The van der Waals surface area contributed by atoms with Gasteiger partial charge in [-0.05, 0) is 76.5 Å². The highest BCUT2D eigenvalue weighted by Gasteiger charge is 2.55. The van der Waals surface area contributed by atoms with E-state index in [0.717, 1.165) is 51.4 Å². The number of esters is 1. The molecule has 3 aliphatic carbocycles. The third-order valence-electron chi connectivity index (χ3n) is 12.3. The second-order valence-corrected chi connectivity index (χ2v) is 15.7. The fraction of sp³-hybridized carbons (Fsp3) is 0.905. The van der Waals surface area contributed by atoms with Gasteiger partial charge in [0.15, 0.2) is 6.29 Å². The van der Waals surface area contributed by atoms with Gasteiger partial charge >= 0.3 is 11.9 Å². The molecule has 0 saturated heterocycles. The maximum Gasteiger partial charge on any atom is 0.337 e. The summed E-state index contributed by atoms with van der Waals surface area (Å²) >= 11 is 0. The molecule has 272 valence electrons. The van der Waals surface area contributed by atoms with Gasteiger partial charge in [-0.2, -0.15) is 0 Å². The summed E-state index contributed by atoms with van der Waals surface area (Å²) in [6.07, 6.45) is 34.0. The smallest absolute Gasteiger partial charge is 0.337 e. The first-order valence-electron chi connectivity index (χ1n) is 20.7. The van der Waals surface area contributed by atoms with Crippen LogP contribution in [0.3, 0.4) is 0 Å². The zero-order chi connectivity index (χ0) is 33.7. The van der Waals surface area contributed by atoms with Crippen molar-refractivity contribution in [2.24, 2.45) is 23.2 Å². The summed E-state index contributed by atoms with van der Waals surface area (Å²) in [4.78, 5) is 28.1. The van der Waals surface area contributed by atoms with E-state index in [1.54, 1.807) is 6.92 Å². The molecule has 0 bridgehead atoms. The predicted octanol–water partition coefficient (Wildman–Crippen LogP) is 12.5. The topological polar surface area (TPSA) is 72.8 Å². The van der Waals surface area contributed by atoms with E-state index in [9.17, 15) is 14.7 Å². The Bertz CT molecular complexity index is 814. The molecule has 3 aliphatic rings. The highest BCUT2D eigenvalue weighted by molar-refractivity contribution is 6.00. The molecule has 1 N–H and O–H groups in total. The van der Waals surface area contributed by atoms with E-state index in [1.165, 1.54) is 135 Å². The molecule has 3 saturated carbocycles. The maximum absolute atomic E-state index is 14.9. The summed E-state index contributed by atoms with van der Waals surface area (Å²) in [5.41, 5.74) is 0.296. The molecule has 47 heavy (non-hydrogen) atoms. The van der Waals surface area contributed by atoms with E-state index in [-0.39, 0.29) is 5.57 Å². The minimum atomic E-state index is -0.958. The Kier molecular flexibility index (Phi) is 19.7. The van der Waals surface area contributed by atoms with E-state index < -0.39 is 23.6 Å². The molecule has 3 fully saturated rings. The third-order valence-corrected chi connectivity index (χ3v) is 12.3. The molecule has 0 amide bonds. The van der Waals surface area contributed by atoms with Crippen molar-refractivity contribution in [2.75, 3.05) is 6.61 Å². The summed E-state index contributed by atoms with van der Waals surface area (Å²) in [7, 11) is 0. The van der Waals surface area contributed by atoms with Crippen LogP contribution in [0.1, 0.15) is 207 Å². The third kappa shape index (κ3) is 12.8. The van der Waals surface area contributed by atoms with Crippen molar-refractivity contribution in [3.8, 4) is 0 Å².